The maximum atomic E-state index is 12.4. The van der Waals surface area contributed by atoms with Crippen LogP contribution in [0.25, 0.3) is 10.2 Å². The number of carbonyl (C=O) groups is 1. The first-order valence-corrected chi connectivity index (χ1v) is 10.9. The van der Waals surface area contributed by atoms with Gasteiger partial charge >= 0.3 is 0 Å². The molecule has 0 radical (unpaired) electrons. The van der Waals surface area contributed by atoms with E-state index in [0.717, 1.165) is 30.5 Å². The zero-order chi connectivity index (χ0) is 18.6. The molecular formula is C21H15BrN2OS2. The number of halogens is 1. The van der Waals surface area contributed by atoms with Crippen LogP contribution in [0.4, 0.5) is 5.69 Å². The van der Waals surface area contributed by atoms with Crippen LogP contribution in [0.15, 0.2) is 81.6 Å². The van der Waals surface area contributed by atoms with Gasteiger partial charge in [0.1, 0.15) is 0 Å². The van der Waals surface area contributed by atoms with E-state index in [1.54, 1.807) is 35.2 Å². The fourth-order valence-electron chi connectivity index (χ4n) is 2.60. The summed E-state index contributed by atoms with van der Waals surface area (Å²) < 4.78 is 2.98. The highest BCUT2D eigenvalue weighted by molar-refractivity contribution is 9.10. The number of thioether (sulfide) groups is 1. The number of fused-ring (bicyclic) bond motifs is 1. The Labute approximate surface area is 174 Å². The third kappa shape index (κ3) is 4.58. The monoisotopic (exact) mass is 454 g/mol. The molecule has 0 aliphatic rings. The molecule has 4 aromatic rings. The van der Waals surface area contributed by atoms with Gasteiger partial charge in [0.15, 0.2) is 4.34 Å². The first kappa shape index (κ1) is 18.2. The van der Waals surface area contributed by atoms with Gasteiger partial charge in [-0.2, -0.15) is 0 Å². The van der Waals surface area contributed by atoms with E-state index < -0.39 is 0 Å². The summed E-state index contributed by atoms with van der Waals surface area (Å²) in [6, 6.07) is 23.5. The molecule has 0 atom stereocenters. The molecule has 1 aromatic heterocycles. The third-order valence-corrected chi connectivity index (χ3v) is 6.64. The molecule has 1 heterocycles. The summed E-state index contributed by atoms with van der Waals surface area (Å²) in [6.07, 6.45) is 0. The van der Waals surface area contributed by atoms with E-state index in [1.807, 2.05) is 36.4 Å². The quantitative estimate of drug-likeness (QED) is 0.345. The topological polar surface area (TPSA) is 42.0 Å². The molecular weight excluding hydrogens is 440 g/mol. The molecule has 0 aliphatic heterocycles. The van der Waals surface area contributed by atoms with Crippen molar-refractivity contribution in [3.63, 3.8) is 0 Å². The van der Waals surface area contributed by atoms with Gasteiger partial charge < -0.3 is 5.32 Å². The van der Waals surface area contributed by atoms with Crippen LogP contribution >= 0.6 is 39.0 Å². The summed E-state index contributed by atoms with van der Waals surface area (Å²) in [5.74, 6) is 0.770. The Hall–Kier alpha value is -2.15. The maximum absolute atomic E-state index is 12.4. The molecule has 0 fully saturated rings. The second-order valence-corrected chi connectivity index (χ2v) is 9.07. The Kier molecular flexibility index (Phi) is 5.57. The van der Waals surface area contributed by atoms with Gasteiger partial charge in [0.25, 0.3) is 5.91 Å². The number of aromatic nitrogens is 1. The zero-order valence-electron chi connectivity index (χ0n) is 14.2. The highest BCUT2D eigenvalue weighted by atomic mass is 79.9. The van der Waals surface area contributed by atoms with Crippen LogP contribution in [0.3, 0.4) is 0 Å². The lowest BCUT2D eigenvalue weighted by Crippen LogP contribution is -2.11. The van der Waals surface area contributed by atoms with Crippen LogP contribution in [0.1, 0.15) is 15.9 Å². The predicted octanol–water partition coefficient (Wildman–Crippen LogP) is 6.60. The average molecular weight is 455 g/mol. The number of hydrogen-bond donors (Lipinski definition) is 1. The second-order valence-electron chi connectivity index (χ2n) is 5.90. The first-order valence-electron chi connectivity index (χ1n) is 8.32. The van der Waals surface area contributed by atoms with Gasteiger partial charge in [0.05, 0.1) is 10.2 Å². The average Bonchev–Trinajstić information content (AvgIpc) is 3.09. The van der Waals surface area contributed by atoms with E-state index in [1.165, 1.54) is 5.56 Å². The number of nitrogens with zero attached hydrogens (tertiary/aromatic N) is 1. The smallest absolute Gasteiger partial charge is 0.255 e. The van der Waals surface area contributed by atoms with Gasteiger partial charge in [-0.05, 0) is 42.0 Å². The Morgan fingerprint density at radius 1 is 1.04 bits per heavy atom. The lowest BCUT2D eigenvalue weighted by Gasteiger charge is -2.05. The minimum atomic E-state index is -0.126. The van der Waals surface area contributed by atoms with E-state index >= 15 is 0 Å². The lowest BCUT2D eigenvalue weighted by molar-refractivity contribution is 0.102. The first-order chi connectivity index (χ1) is 13.2. The lowest BCUT2D eigenvalue weighted by atomic mass is 10.2. The summed E-state index contributed by atoms with van der Waals surface area (Å²) >= 11 is 6.78. The summed E-state index contributed by atoms with van der Waals surface area (Å²) in [7, 11) is 0. The molecule has 0 aliphatic carbocycles. The van der Waals surface area contributed by atoms with Crippen molar-refractivity contribution in [3.05, 3.63) is 88.4 Å². The molecule has 3 aromatic carbocycles. The van der Waals surface area contributed by atoms with E-state index in [9.17, 15) is 4.79 Å². The van der Waals surface area contributed by atoms with Crippen molar-refractivity contribution in [2.75, 3.05) is 5.32 Å². The van der Waals surface area contributed by atoms with Gasteiger partial charge in [-0.15, -0.1) is 11.3 Å². The number of amides is 1. The van der Waals surface area contributed by atoms with Crippen LogP contribution in [-0.2, 0) is 5.75 Å². The fourth-order valence-corrected chi connectivity index (χ4v) is 5.06. The Morgan fingerprint density at radius 3 is 2.70 bits per heavy atom. The van der Waals surface area contributed by atoms with Crippen molar-refractivity contribution < 1.29 is 4.79 Å². The largest absolute Gasteiger partial charge is 0.322 e. The number of thiazole rings is 1. The van der Waals surface area contributed by atoms with Gasteiger partial charge in [0.2, 0.25) is 0 Å². The molecule has 0 bridgehead atoms. The second kappa shape index (κ2) is 8.25. The summed E-state index contributed by atoms with van der Waals surface area (Å²) in [5, 5.41) is 2.96. The van der Waals surface area contributed by atoms with Crippen molar-refractivity contribution in [2.45, 2.75) is 10.1 Å². The van der Waals surface area contributed by atoms with Gasteiger partial charge in [-0.25, -0.2) is 4.98 Å². The number of rotatable bonds is 5. The minimum absolute atomic E-state index is 0.126. The van der Waals surface area contributed by atoms with Gasteiger partial charge in [-0.1, -0.05) is 64.1 Å². The third-order valence-electron chi connectivity index (χ3n) is 3.92. The molecule has 0 unspecified atom stereocenters. The molecule has 27 heavy (non-hydrogen) atoms. The predicted molar refractivity (Wildman–Crippen MR) is 118 cm³/mol. The van der Waals surface area contributed by atoms with Crippen molar-refractivity contribution in [2.24, 2.45) is 0 Å². The molecule has 134 valence electrons. The summed E-state index contributed by atoms with van der Waals surface area (Å²) in [4.78, 5) is 17.1. The Balaban J connectivity index is 1.48. The molecule has 0 saturated carbocycles. The van der Waals surface area contributed by atoms with Crippen molar-refractivity contribution in [1.82, 2.24) is 4.98 Å². The molecule has 0 saturated heterocycles. The summed E-state index contributed by atoms with van der Waals surface area (Å²) in [5.41, 5.74) is 3.63. The molecule has 4 rings (SSSR count). The minimum Gasteiger partial charge on any atom is -0.322 e. The molecule has 1 N–H and O–H groups in total. The van der Waals surface area contributed by atoms with Crippen LogP contribution in [0.2, 0.25) is 0 Å². The zero-order valence-corrected chi connectivity index (χ0v) is 17.4. The van der Waals surface area contributed by atoms with Crippen LogP contribution in [-0.4, -0.2) is 10.9 Å². The highest BCUT2D eigenvalue weighted by Crippen LogP contribution is 2.33. The fraction of sp³-hybridized carbons (Fsp3) is 0.0476. The standard InChI is InChI=1S/C21H15BrN2OS2/c22-16-8-4-7-15(11-16)20(25)23-17-9-10-18-19(12-17)27-21(24-18)26-13-14-5-2-1-3-6-14/h1-12H,13H2,(H,23,25). The Morgan fingerprint density at radius 2 is 1.89 bits per heavy atom. The maximum Gasteiger partial charge on any atom is 0.255 e. The van der Waals surface area contributed by atoms with Crippen molar-refractivity contribution >= 4 is 60.8 Å². The number of carbonyl (C=O) groups excluding carboxylic acids is 1. The van der Waals surface area contributed by atoms with Crippen LogP contribution in [0, 0.1) is 0 Å². The molecule has 0 spiro atoms. The van der Waals surface area contributed by atoms with Crippen LogP contribution < -0.4 is 5.32 Å². The van der Waals surface area contributed by atoms with Gasteiger partial charge in [0, 0.05) is 21.5 Å². The Bertz CT molecular complexity index is 1100. The van der Waals surface area contributed by atoms with E-state index in [2.05, 4.69) is 50.5 Å². The molecule has 1 amide bonds. The number of anilines is 1. The number of hydrogen-bond acceptors (Lipinski definition) is 4. The molecule has 6 heteroatoms. The van der Waals surface area contributed by atoms with E-state index in [0.29, 0.717) is 5.56 Å². The van der Waals surface area contributed by atoms with Crippen molar-refractivity contribution in [1.29, 1.82) is 0 Å². The molecule has 3 nitrogen and oxygen atoms in total. The normalized spacial score (nSPS) is 10.9. The highest BCUT2D eigenvalue weighted by Gasteiger charge is 2.09. The van der Waals surface area contributed by atoms with E-state index in [4.69, 9.17) is 0 Å². The van der Waals surface area contributed by atoms with Crippen LogP contribution in [0.5, 0.6) is 0 Å². The van der Waals surface area contributed by atoms with Crippen molar-refractivity contribution in [3.8, 4) is 0 Å². The number of nitrogens with one attached hydrogen (secondary N) is 1. The number of benzene rings is 3. The van der Waals surface area contributed by atoms with Gasteiger partial charge in [-0.3, -0.25) is 4.79 Å². The summed E-state index contributed by atoms with van der Waals surface area (Å²) in [6.45, 7) is 0. The van der Waals surface area contributed by atoms with E-state index in [-0.39, 0.29) is 5.91 Å². The SMILES string of the molecule is O=C(Nc1ccc2nc(SCc3ccccc3)sc2c1)c1cccc(Br)c1.